The SMILES string of the molecule is COc1ccc2c(c1)OC(C)(C)[C@@H]1C[C@H]3CN(CC(=O)Nc4ccc(C(C)=O)cc4)CC[C@H]3O[C@@H]21. The van der Waals surface area contributed by atoms with E-state index in [1.54, 1.807) is 31.4 Å². The van der Waals surface area contributed by atoms with Gasteiger partial charge in [-0.25, -0.2) is 0 Å². The van der Waals surface area contributed by atoms with Crippen LogP contribution in [0.25, 0.3) is 0 Å². The van der Waals surface area contributed by atoms with Crippen LogP contribution in [0.1, 0.15) is 55.6 Å². The molecule has 2 saturated heterocycles. The van der Waals surface area contributed by atoms with E-state index in [2.05, 4.69) is 30.1 Å². The van der Waals surface area contributed by atoms with Gasteiger partial charge in [0.15, 0.2) is 5.78 Å². The number of fused-ring (bicyclic) bond motifs is 4. The molecule has 4 atom stereocenters. The number of piperidine rings is 1. The topological polar surface area (TPSA) is 77.1 Å². The molecule has 0 aromatic heterocycles. The molecule has 3 aliphatic heterocycles. The van der Waals surface area contributed by atoms with Crippen molar-refractivity contribution < 1.29 is 23.8 Å². The molecule has 7 nitrogen and oxygen atoms in total. The number of hydrogen-bond donors (Lipinski definition) is 1. The standard InChI is InChI=1S/C28H34N2O5/c1-17(31)18-5-7-20(8-6-18)29-26(32)16-30-12-11-24-19(15-30)13-23-27(34-24)22-10-9-21(33-4)14-25(22)35-28(23,2)3/h5-10,14,19,23-24,27H,11-13,15-16H2,1-4H3,(H,29,32)/t19-,23+,24+,27-/m0/s1. The molecule has 0 spiro atoms. The van der Waals surface area contributed by atoms with Gasteiger partial charge in [-0.05, 0) is 75.9 Å². The fraction of sp³-hybridized carbons (Fsp3) is 0.500. The number of hydrogen-bond acceptors (Lipinski definition) is 6. The van der Waals surface area contributed by atoms with Crippen LogP contribution in [0.5, 0.6) is 11.5 Å². The zero-order valence-corrected chi connectivity index (χ0v) is 20.9. The minimum Gasteiger partial charge on any atom is -0.497 e. The Kier molecular flexibility index (Phi) is 6.32. The summed E-state index contributed by atoms with van der Waals surface area (Å²) in [6.07, 6.45) is 2.09. The highest BCUT2D eigenvalue weighted by atomic mass is 16.5. The van der Waals surface area contributed by atoms with Gasteiger partial charge in [-0.3, -0.25) is 14.5 Å². The first kappa shape index (κ1) is 23.8. The van der Waals surface area contributed by atoms with Crippen LogP contribution in [0, 0.1) is 11.8 Å². The van der Waals surface area contributed by atoms with E-state index in [0.717, 1.165) is 43.0 Å². The molecule has 2 aromatic carbocycles. The van der Waals surface area contributed by atoms with Crippen LogP contribution in [0.15, 0.2) is 42.5 Å². The Hall–Kier alpha value is -2.90. The van der Waals surface area contributed by atoms with Crippen LogP contribution in [0.4, 0.5) is 5.69 Å². The van der Waals surface area contributed by atoms with Crippen molar-refractivity contribution in [1.29, 1.82) is 0 Å². The summed E-state index contributed by atoms with van der Waals surface area (Å²) in [7, 11) is 1.67. The third-order valence-corrected chi connectivity index (χ3v) is 7.73. The molecule has 3 heterocycles. The molecule has 2 aromatic rings. The van der Waals surface area contributed by atoms with Crippen LogP contribution < -0.4 is 14.8 Å². The number of likely N-dealkylation sites (tertiary alicyclic amines) is 1. The zero-order chi connectivity index (χ0) is 24.7. The first-order valence-corrected chi connectivity index (χ1v) is 12.4. The highest BCUT2D eigenvalue weighted by molar-refractivity contribution is 5.96. The maximum Gasteiger partial charge on any atom is 0.238 e. The maximum absolute atomic E-state index is 12.7. The fourth-order valence-electron chi connectivity index (χ4n) is 5.82. The molecule has 0 aliphatic carbocycles. The van der Waals surface area contributed by atoms with Crippen LogP contribution in [0.3, 0.4) is 0 Å². The van der Waals surface area contributed by atoms with Crippen molar-refractivity contribution in [2.24, 2.45) is 11.8 Å². The van der Waals surface area contributed by atoms with Crippen molar-refractivity contribution in [2.75, 3.05) is 32.1 Å². The third-order valence-electron chi connectivity index (χ3n) is 7.73. The highest BCUT2D eigenvalue weighted by Crippen LogP contribution is 2.53. The first-order chi connectivity index (χ1) is 16.7. The van der Waals surface area contributed by atoms with Crippen molar-refractivity contribution in [3.05, 3.63) is 53.6 Å². The predicted octanol–water partition coefficient (Wildman–Crippen LogP) is 4.48. The Morgan fingerprint density at radius 3 is 2.66 bits per heavy atom. The normalized spacial score (nSPS) is 27.0. The number of Topliss-reactive ketones (excluding diaryl/α,β-unsaturated/α-hetero) is 1. The summed E-state index contributed by atoms with van der Waals surface area (Å²) in [4.78, 5) is 26.4. The third kappa shape index (κ3) is 4.80. The largest absolute Gasteiger partial charge is 0.497 e. The molecular weight excluding hydrogens is 444 g/mol. The van der Waals surface area contributed by atoms with E-state index in [-0.39, 0.29) is 35.4 Å². The van der Waals surface area contributed by atoms with Crippen molar-refractivity contribution in [2.45, 2.75) is 51.4 Å². The lowest BCUT2D eigenvalue weighted by Crippen LogP contribution is -2.55. The molecule has 5 rings (SSSR count). The van der Waals surface area contributed by atoms with Gasteiger partial charge in [0.2, 0.25) is 5.91 Å². The number of anilines is 1. The molecule has 0 unspecified atom stereocenters. The van der Waals surface area contributed by atoms with Crippen LogP contribution in [-0.4, -0.2) is 55.0 Å². The second-order valence-electron chi connectivity index (χ2n) is 10.5. The fourth-order valence-corrected chi connectivity index (χ4v) is 5.82. The second kappa shape index (κ2) is 9.28. The van der Waals surface area contributed by atoms with Gasteiger partial charge in [0.25, 0.3) is 0 Å². The number of ether oxygens (including phenoxy) is 3. The number of rotatable bonds is 5. The Bertz CT molecular complexity index is 1110. The van der Waals surface area contributed by atoms with Gasteiger partial charge >= 0.3 is 0 Å². The summed E-state index contributed by atoms with van der Waals surface area (Å²) < 4.78 is 18.6. The summed E-state index contributed by atoms with van der Waals surface area (Å²) in [6.45, 7) is 7.81. The molecule has 2 fully saturated rings. The minimum absolute atomic E-state index is 0.00808. The Morgan fingerprint density at radius 1 is 1.17 bits per heavy atom. The Morgan fingerprint density at radius 2 is 1.94 bits per heavy atom. The van der Waals surface area contributed by atoms with Gasteiger partial charge < -0.3 is 19.5 Å². The number of benzene rings is 2. The lowest BCUT2D eigenvalue weighted by Gasteiger charge is -2.53. The van der Waals surface area contributed by atoms with E-state index in [9.17, 15) is 9.59 Å². The van der Waals surface area contributed by atoms with Gasteiger partial charge in [-0.2, -0.15) is 0 Å². The van der Waals surface area contributed by atoms with Gasteiger partial charge in [0.05, 0.1) is 25.9 Å². The number of methoxy groups -OCH3 is 1. The summed E-state index contributed by atoms with van der Waals surface area (Å²) in [5.41, 5.74) is 2.08. The van der Waals surface area contributed by atoms with Crippen molar-refractivity contribution in [3.8, 4) is 11.5 Å². The van der Waals surface area contributed by atoms with E-state index >= 15 is 0 Å². The molecule has 1 N–H and O–H groups in total. The van der Waals surface area contributed by atoms with Gasteiger partial charge in [-0.15, -0.1) is 0 Å². The second-order valence-corrected chi connectivity index (χ2v) is 10.5. The Balaban J connectivity index is 1.23. The molecule has 0 radical (unpaired) electrons. The van der Waals surface area contributed by atoms with E-state index in [4.69, 9.17) is 14.2 Å². The van der Waals surface area contributed by atoms with Gasteiger partial charge in [0, 0.05) is 41.9 Å². The predicted molar refractivity (Wildman–Crippen MR) is 133 cm³/mol. The number of nitrogens with zero attached hydrogens (tertiary/aromatic N) is 1. The summed E-state index contributed by atoms with van der Waals surface area (Å²) in [5, 5.41) is 2.95. The average Bonchev–Trinajstić information content (AvgIpc) is 2.82. The van der Waals surface area contributed by atoms with Crippen LogP contribution >= 0.6 is 0 Å². The molecule has 0 bridgehead atoms. The molecule has 0 saturated carbocycles. The molecule has 186 valence electrons. The highest BCUT2D eigenvalue weighted by Gasteiger charge is 2.51. The smallest absolute Gasteiger partial charge is 0.238 e. The maximum atomic E-state index is 12.7. The number of carbonyl (C=O) groups is 2. The van der Waals surface area contributed by atoms with Crippen LogP contribution in [0.2, 0.25) is 0 Å². The van der Waals surface area contributed by atoms with Crippen LogP contribution in [-0.2, 0) is 9.53 Å². The number of carbonyl (C=O) groups excluding carboxylic acids is 2. The van der Waals surface area contributed by atoms with Gasteiger partial charge in [0.1, 0.15) is 17.1 Å². The molecule has 35 heavy (non-hydrogen) atoms. The summed E-state index contributed by atoms with van der Waals surface area (Å²) in [5.74, 6) is 2.19. The lowest BCUT2D eigenvalue weighted by molar-refractivity contribution is -0.187. The van der Waals surface area contributed by atoms with E-state index < -0.39 is 0 Å². The zero-order valence-electron chi connectivity index (χ0n) is 20.9. The van der Waals surface area contributed by atoms with Gasteiger partial charge in [-0.1, -0.05) is 0 Å². The monoisotopic (exact) mass is 478 g/mol. The molecule has 3 aliphatic rings. The van der Waals surface area contributed by atoms with E-state index in [1.807, 2.05) is 12.1 Å². The molecule has 7 heteroatoms. The number of amides is 1. The number of ketones is 1. The Labute approximate surface area is 206 Å². The summed E-state index contributed by atoms with van der Waals surface area (Å²) >= 11 is 0. The molecular formula is C28H34N2O5. The minimum atomic E-state index is -0.360. The lowest BCUT2D eigenvalue weighted by atomic mass is 9.70. The van der Waals surface area contributed by atoms with Crippen molar-refractivity contribution in [3.63, 3.8) is 0 Å². The average molecular weight is 479 g/mol. The first-order valence-electron chi connectivity index (χ1n) is 12.4. The summed E-state index contributed by atoms with van der Waals surface area (Å²) in [6, 6.07) is 13.0. The molecule has 1 amide bonds. The van der Waals surface area contributed by atoms with E-state index in [1.165, 1.54) is 6.92 Å². The van der Waals surface area contributed by atoms with Crippen molar-refractivity contribution in [1.82, 2.24) is 4.90 Å². The quantitative estimate of drug-likeness (QED) is 0.639. The number of nitrogens with one attached hydrogen (secondary N) is 1. The van der Waals surface area contributed by atoms with E-state index in [0.29, 0.717) is 23.7 Å². The van der Waals surface area contributed by atoms with Crippen molar-refractivity contribution >= 4 is 17.4 Å².